The van der Waals surface area contributed by atoms with Crippen molar-refractivity contribution in [3.05, 3.63) is 120 Å². The van der Waals surface area contributed by atoms with Crippen LogP contribution in [0.2, 0.25) is 0 Å². The van der Waals surface area contributed by atoms with Gasteiger partial charge in [0.2, 0.25) is 0 Å². The fourth-order valence-corrected chi connectivity index (χ4v) is 4.52. The molecule has 2 fully saturated rings. The first kappa shape index (κ1) is 24.8. The molecule has 0 amide bonds. The van der Waals surface area contributed by atoms with Gasteiger partial charge in [0.15, 0.2) is 12.6 Å². The number of benzene rings is 3. The van der Waals surface area contributed by atoms with Gasteiger partial charge in [-0.05, 0) is 11.1 Å². The molecule has 6 heteroatoms. The molecule has 3 aromatic rings. The molecular weight excluding hydrogens is 456 g/mol. The lowest BCUT2D eigenvalue weighted by Gasteiger charge is -2.48. The minimum absolute atomic E-state index is 0.326. The highest BCUT2D eigenvalue weighted by atomic mass is 16.8. The first-order valence-corrected chi connectivity index (χ1v) is 12.3. The van der Waals surface area contributed by atoms with Gasteiger partial charge in [-0.3, -0.25) is 0 Å². The molecule has 2 aliphatic rings. The summed E-state index contributed by atoms with van der Waals surface area (Å²) in [4.78, 5) is 0. The predicted molar refractivity (Wildman–Crippen MR) is 135 cm³/mol. The van der Waals surface area contributed by atoms with Gasteiger partial charge in [-0.2, -0.15) is 0 Å². The van der Waals surface area contributed by atoms with Gasteiger partial charge in [0, 0.05) is 5.56 Å². The van der Waals surface area contributed by atoms with E-state index < -0.39 is 30.9 Å². The van der Waals surface area contributed by atoms with Crippen molar-refractivity contribution in [2.24, 2.45) is 0 Å². The maximum absolute atomic E-state index is 6.54. The van der Waals surface area contributed by atoms with E-state index in [4.69, 9.17) is 28.4 Å². The Morgan fingerprint density at radius 2 is 1.31 bits per heavy atom. The van der Waals surface area contributed by atoms with E-state index in [9.17, 15) is 0 Å². The van der Waals surface area contributed by atoms with Crippen LogP contribution >= 0.6 is 0 Å². The molecule has 0 radical (unpaired) electrons. The van der Waals surface area contributed by atoms with Crippen molar-refractivity contribution < 1.29 is 28.4 Å². The first-order valence-electron chi connectivity index (χ1n) is 12.3. The maximum Gasteiger partial charge on any atom is 0.187 e. The average Bonchev–Trinajstić information content (AvgIpc) is 2.95. The van der Waals surface area contributed by atoms with Crippen LogP contribution in [-0.2, 0) is 41.6 Å². The summed E-state index contributed by atoms with van der Waals surface area (Å²) in [5.41, 5.74) is 3.07. The number of fused-ring (bicyclic) bond motifs is 1. The second-order valence-corrected chi connectivity index (χ2v) is 8.86. The lowest BCUT2D eigenvalue weighted by Crippen LogP contribution is -2.63. The van der Waals surface area contributed by atoms with Crippen molar-refractivity contribution in [1.82, 2.24) is 0 Å². The van der Waals surface area contributed by atoms with Crippen LogP contribution in [0.15, 0.2) is 104 Å². The highest BCUT2D eigenvalue weighted by Crippen LogP contribution is 2.37. The van der Waals surface area contributed by atoms with Gasteiger partial charge in [0.25, 0.3) is 0 Å². The lowest BCUT2D eigenvalue weighted by atomic mass is 9.97. The quantitative estimate of drug-likeness (QED) is 0.366. The van der Waals surface area contributed by atoms with Gasteiger partial charge in [0.1, 0.15) is 24.4 Å². The van der Waals surface area contributed by atoms with E-state index in [0.717, 1.165) is 16.7 Å². The highest BCUT2D eigenvalue weighted by Gasteiger charge is 2.51. The molecule has 0 aromatic heterocycles. The van der Waals surface area contributed by atoms with Crippen LogP contribution in [-0.4, -0.2) is 43.9 Å². The molecule has 0 bridgehead atoms. The molecule has 0 N–H and O–H groups in total. The van der Waals surface area contributed by atoms with Crippen molar-refractivity contribution in [2.45, 2.75) is 50.2 Å². The van der Waals surface area contributed by atoms with E-state index >= 15 is 0 Å². The zero-order valence-electron chi connectivity index (χ0n) is 20.2. The fourth-order valence-electron chi connectivity index (χ4n) is 4.52. The standard InChI is InChI=1S/C30H32O6/c1-2-18-31-30-28(33-20-23-14-8-4-9-15-23)27(32-19-22-12-6-3-7-13-22)26-25(35-30)21-34-29(36-26)24-16-10-5-11-17-24/h2-17,25-30H,1,18-21H2. The van der Waals surface area contributed by atoms with Crippen LogP contribution in [0.4, 0.5) is 0 Å². The van der Waals surface area contributed by atoms with Gasteiger partial charge in [-0.15, -0.1) is 6.58 Å². The zero-order chi connectivity index (χ0) is 24.6. The Bertz CT molecular complexity index is 1060. The Balaban J connectivity index is 1.40. The van der Waals surface area contributed by atoms with Gasteiger partial charge >= 0.3 is 0 Å². The van der Waals surface area contributed by atoms with Gasteiger partial charge < -0.3 is 28.4 Å². The molecule has 3 aromatic carbocycles. The number of hydrogen-bond donors (Lipinski definition) is 0. The molecular formula is C30H32O6. The molecule has 2 heterocycles. The average molecular weight is 489 g/mol. The number of ether oxygens (including phenoxy) is 6. The smallest absolute Gasteiger partial charge is 0.187 e. The molecule has 2 saturated heterocycles. The minimum Gasteiger partial charge on any atom is -0.368 e. The van der Waals surface area contributed by atoms with Crippen LogP contribution < -0.4 is 0 Å². The summed E-state index contributed by atoms with van der Waals surface area (Å²) >= 11 is 0. The normalized spacial score (nSPS) is 27.8. The molecule has 0 aliphatic carbocycles. The predicted octanol–water partition coefficient (Wildman–Crippen LogP) is 5.20. The van der Waals surface area contributed by atoms with E-state index in [0.29, 0.717) is 26.4 Å². The molecule has 5 rings (SSSR count). The van der Waals surface area contributed by atoms with Crippen molar-refractivity contribution in [3.63, 3.8) is 0 Å². The molecule has 0 spiro atoms. The van der Waals surface area contributed by atoms with E-state index in [1.165, 1.54) is 0 Å². The summed E-state index contributed by atoms with van der Waals surface area (Å²) in [5, 5.41) is 0. The topological polar surface area (TPSA) is 55.4 Å². The first-order chi connectivity index (χ1) is 17.8. The molecule has 6 atom stereocenters. The van der Waals surface area contributed by atoms with Crippen LogP contribution in [0.1, 0.15) is 23.0 Å². The van der Waals surface area contributed by atoms with E-state index in [-0.39, 0.29) is 6.10 Å². The Labute approximate surface area is 212 Å². The van der Waals surface area contributed by atoms with E-state index in [1.54, 1.807) is 6.08 Å². The largest absolute Gasteiger partial charge is 0.368 e. The summed E-state index contributed by atoms with van der Waals surface area (Å²) in [7, 11) is 0. The van der Waals surface area contributed by atoms with Gasteiger partial charge in [-0.1, -0.05) is 97.1 Å². The van der Waals surface area contributed by atoms with Crippen molar-refractivity contribution in [1.29, 1.82) is 0 Å². The number of rotatable bonds is 10. The Kier molecular flexibility index (Phi) is 8.56. The summed E-state index contributed by atoms with van der Waals surface area (Å²) in [5.74, 6) is 0. The summed E-state index contributed by atoms with van der Waals surface area (Å²) < 4.78 is 37.9. The lowest BCUT2D eigenvalue weighted by molar-refractivity contribution is -0.371. The third-order valence-corrected chi connectivity index (χ3v) is 6.30. The fraction of sp³-hybridized carbons (Fsp3) is 0.333. The zero-order valence-corrected chi connectivity index (χ0v) is 20.2. The monoisotopic (exact) mass is 488 g/mol. The highest BCUT2D eigenvalue weighted by molar-refractivity contribution is 5.17. The van der Waals surface area contributed by atoms with Crippen LogP contribution in [0.25, 0.3) is 0 Å². The molecule has 6 unspecified atom stereocenters. The molecule has 6 nitrogen and oxygen atoms in total. The van der Waals surface area contributed by atoms with Crippen LogP contribution in [0, 0.1) is 0 Å². The second kappa shape index (κ2) is 12.4. The molecule has 0 saturated carbocycles. The Morgan fingerprint density at radius 3 is 1.92 bits per heavy atom. The third kappa shape index (κ3) is 6.10. The van der Waals surface area contributed by atoms with Crippen molar-refractivity contribution >= 4 is 0 Å². The van der Waals surface area contributed by atoms with Gasteiger partial charge in [0.05, 0.1) is 26.4 Å². The second-order valence-electron chi connectivity index (χ2n) is 8.86. The Morgan fingerprint density at radius 1 is 0.722 bits per heavy atom. The number of hydrogen-bond acceptors (Lipinski definition) is 6. The SMILES string of the molecule is C=CCOC1OC2COC(c3ccccc3)OC2C(OCc2ccccc2)C1OCc1ccccc1. The summed E-state index contributed by atoms with van der Waals surface area (Å²) in [6.07, 6.45) is -1.21. The van der Waals surface area contributed by atoms with Crippen LogP contribution in [0.5, 0.6) is 0 Å². The van der Waals surface area contributed by atoms with E-state index in [1.807, 2.05) is 91.0 Å². The minimum atomic E-state index is -0.658. The van der Waals surface area contributed by atoms with Crippen molar-refractivity contribution in [3.8, 4) is 0 Å². The van der Waals surface area contributed by atoms with Crippen LogP contribution in [0.3, 0.4) is 0 Å². The molecule has 2 aliphatic heterocycles. The maximum atomic E-state index is 6.54. The summed E-state index contributed by atoms with van der Waals surface area (Å²) in [6.45, 7) is 5.27. The molecule has 188 valence electrons. The summed E-state index contributed by atoms with van der Waals surface area (Å²) in [6, 6.07) is 30.0. The van der Waals surface area contributed by atoms with Gasteiger partial charge in [-0.25, -0.2) is 0 Å². The third-order valence-electron chi connectivity index (χ3n) is 6.30. The van der Waals surface area contributed by atoms with E-state index in [2.05, 4.69) is 6.58 Å². The van der Waals surface area contributed by atoms with Crippen molar-refractivity contribution in [2.75, 3.05) is 13.2 Å². The molecule has 36 heavy (non-hydrogen) atoms. The Hall–Kier alpha value is -2.84.